The highest BCUT2D eigenvalue weighted by molar-refractivity contribution is 6.31. The third kappa shape index (κ3) is 2.83. The largest absolute Gasteiger partial charge is 0.329 e. The van der Waals surface area contributed by atoms with Gasteiger partial charge in [-0.15, -0.1) is 0 Å². The molecule has 1 heterocycles. The van der Waals surface area contributed by atoms with Crippen molar-refractivity contribution < 1.29 is 4.39 Å². The molecule has 1 aliphatic rings. The molecule has 18 heavy (non-hydrogen) atoms. The van der Waals surface area contributed by atoms with Crippen LogP contribution in [-0.4, -0.2) is 49.6 Å². The summed E-state index contributed by atoms with van der Waals surface area (Å²) in [5, 5.41) is 0.462. The summed E-state index contributed by atoms with van der Waals surface area (Å²) in [5.74, 6) is -0.267. The van der Waals surface area contributed by atoms with Gasteiger partial charge in [0.1, 0.15) is 5.82 Å². The lowest BCUT2D eigenvalue weighted by atomic mass is 10.0. The van der Waals surface area contributed by atoms with Crippen LogP contribution in [0, 0.1) is 5.82 Å². The van der Waals surface area contributed by atoms with Crippen molar-refractivity contribution in [1.82, 2.24) is 9.80 Å². The van der Waals surface area contributed by atoms with Crippen molar-refractivity contribution in [2.75, 3.05) is 39.8 Å². The minimum atomic E-state index is -0.267. The average molecular weight is 272 g/mol. The SMILES string of the molecule is CN1CCN(C(CN)c2c(F)cccc2Cl)CC1. The first kappa shape index (κ1) is 13.7. The predicted molar refractivity (Wildman–Crippen MR) is 72.3 cm³/mol. The summed E-state index contributed by atoms with van der Waals surface area (Å²) in [6.45, 7) is 4.11. The van der Waals surface area contributed by atoms with E-state index in [2.05, 4.69) is 16.8 Å². The molecule has 0 amide bonds. The van der Waals surface area contributed by atoms with Crippen molar-refractivity contribution in [2.24, 2.45) is 5.73 Å². The Kier molecular flexibility index (Phi) is 4.56. The lowest BCUT2D eigenvalue weighted by Crippen LogP contribution is -2.47. The molecule has 2 rings (SSSR count). The van der Waals surface area contributed by atoms with Crippen LogP contribution in [0.25, 0.3) is 0 Å². The molecule has 100 valence electrons. The minimum absolute atomic E-state index is 0.132. The fourth-order valence-electron chi connectivity index (χ4n) is 2.41. The Morgan fingerprint density at radius 1 is 1.33 bits per heavy atom. The second-order valence-electron chi connectivity index (χ2n) is 4.73. The van der Waals surface area contributed by atoms with Crippen molar-refractivity contribution >= 4 is 11.6 Å². The van der Waals surface area contributed by atoms with E-state index in [0.717, 1.165) is 26.2 Å². The zero-order chi connectivity index (χ0) is 13.1. The zero-order valence-electron chi connectivity index (χ0n) is 10.6. The van der Waals surface area contributed by atoms with Gasteiger partial charge in [0.25, 0.3) is 0 Å². The Hall–Kier alpha value is -0.680. The highest BCUT2D eigenvalue weighted by atomic mass is 35.5. The molecule has 1 aliphatic heterocycles. The molecule has 0 radical (unpaired) electrons. The fraction of sp³-hybridized carbons (Fsp3) is 0.538. The Bertz CT molecular complexity index is 385. The Morgan fingerprint density at radius 3 is 2.56 bits per heavy atom. The molecule has 1 saturated heterocycles. The van der Waals surface area contributed by atoms with Crippen LogP contribution in [0.4, 0.5) is 4.39 Å². The van der Waals surface area contributed by atoms with E-state index in [0.29, 0.717) is 17.1 Å². The minimum Gasteiger partial charge on any atom is -0.329 e. The lowest BCUT2D eigenvalue weighted by Gasteiger charge is -2.38. The van der Waals surface area contributed by atoms with Crippen LogP contribution in [0.5, 0.6) is 0 Å². The average Bonchev–Trinajstić information content (AvgIpc) is 2.35. The number of likely N-dealkylation sites (N-methyl/N-ethyl adjacent to an activating group) is 1. The lowest BCUT2D eigenvalue weighted by molar-refractivity contribution is 0.113. The second-order valence-corrected chi connectivity index (χ2v) is 5.13. The van der Waals surface area contributed by atoms with Gasteiger partial charge in [0.05, 0.1) is 6.04 Å². The Labute approximate surface area is 112 Å². The maximum absolute atomic E-state index is 13.9. The number of rotatable bonds is 3. The quantitative estimate of drug-likeness (QED) is 0.909. The van der Waals surface area contributed by atoms with Gasteiger partial charge in [0, 0.05) is 43.3 Å². The number of nitrogens with zero attached hydrogens (tertiary/aromatic N) is 2. The third-order valence-corrected chi connectivity index (χ3v) is 3.86. The van der Waals surface area contributed by atoms with E-state index in [1.807, 2.05) is 0 Å². The molecule has 1 unspecified atom stereocenters. The van der Waals surface area contributed by atoms with E-state index in [-0.39, 0.29) is 11.9 Å². The number of halogens is 2. The van der Waals surface area contributed by atoms with Crippen molar-refractivity contribution in [3.8, 4) is 0 Å². The molecule has 0 saturated carbocycles. The molecule has 1 atom stereocenters. The Morgan fingerprint density at radius 2 is 2.00 bits per heavy atom. The zero-order valence-corrected chi connectivity index (χ0v) is 11.3. The highest BCUT2D eigenvalue weighted by Gasteiger charge is 2.26. The van der Waals surface area contributed by atoms with Crippen LogP contribution >= 0.6 is 11.6 Å². The van der Waals surface area contributed by atoms with Crippen molar-refractivity contribution in [2.45, 2.75) is 6.04 Å². The molecule has 0 aliphatic carbocycles. The summed E-state index contributed by atoms with van der Waals surface area (Å²) in [4.78, 5) is 4.47. The van der Waals surface area contributed by atoms with E-state index >= 15 is 0 Å². The molecule has 0 spiro atoms. The normalized spacial score (nSPS) is 20.0. The van der Waals surface area contributed by atoms with E-state index in [1.165, 1.54) is 6.07 Å². The topological polar surface area (TPSA) is 32.5 Å². The number of nitrogens with two attached hydrogens (primary N) is 1. The van der Waals surface area contributed by atoms with Crippen molar-refractivity contribution in [3.63, 3.8) is 0 Å². The van der Waals surface area contributed by atoms with E-state index in [1.54, 1.807) is 12.1 Å². The predicted octanol–water partition coefficient (Wildman–Crippen LogP) is 1.73. The molecule has 1 fully saturated rings. The van der Waals surface area contributed by atoms with Gasteiger partial charge in [0.15, 0.2) is 0 Å². The first-order valence-corrected chi connectivity index (χ1v) is 6.58. The molecule has 0 bridgehead atoms. The third-order valence-electron chi connectivity index (χ3n) is 3.53. The summed E-state index contributed by atoms with van der Waals surface area (Å²) >= 11 is 6.12. The smallest absolute Gasteiger partial charge is 0.129 e. The van der Waals surface area contributed by atoms with E-state index < -0.39 is 0 Å². The molecule has 2 N–H and O–H groups in total. The number of hydrogen-bond acceptors (Lipinski definition) is 3. The van der Waals surface area contributed by atoms with Gasteiger partial charge in [-0.1, -0.05) is 17.7 Å². The standard InChI is InChI=1S/C13H19ClFN3/c1-17-5-7-18(8-6-17)12(9-16)13-10(14)3-2-4-11(13)15/h2-4,12H,5-9,16H2,1H3. The number of hydrogen-bond donors (Lipinski definition) is 1. The van der Waals surface area contributed by atoms with Crippen molar-refractivity contribution in [1.29, 1.82) is 0 Å². The maximum Gasteiger partial charge on any atom is 0.129 e. The van der Waals surface area contributed by atoms with Gasteiger partial charge < -0.3 is 10.6 Å². The Balaban J connectivity index is 2.23. The first-order chi connectivity index (χ1) is 8.63. The monoisotopic (exact) mass is 271 g/mol. The van der Waals surface area contributed by atoms with Gasteiger partial charge in [-0.2, -0.15) is 0 Å². The van der Waals surface area contributed by atoms with Crippen LogP contribution in [0.3, 0.4) is 0 Å². The van der Waals surface area contributed by atoms with Crippen LogP contribution in [-0.2, 0) is 0 Å². The summed E-state index contributed by atoms with van der Waals surface area (Å²) in [7, 11) is 2.09. The van der Waals surface area contributed by atoms with Gasteiger partial charge in [-0.3, -0.25) is 4.90 Å². The van der Waals surface area contributed by atoms with Gasteiger partial charge in [-0.25, -0.2) is 4.39 Å². The van der Waals surface area contributed by atoms with E-state index in [9.17, 15) is 4.39 Å². The van der Waals surface area contributed by atoms with Crippen molar-refractivity contribution in [3.05, 3.63) is 34.6 Å². The summed E-state index contributed by atoms with van der Waals surface area (Å²) in [5.41, 5.74) is 6.36. The first-order valence-electron chi connectivity index (χ1n) is 6.20. The highest BCUT2D eigenvalue weighted by Crippen LogP contribution is 2.29. The van der Waals surface area contributed by atoms with Gasteiger partial charge in [-0.05, 0) is 19.2 Å². The maximum atomic E-state index is 13.9. The molecule has 1 aromatic carbocycles. The van der Waals surface area contributed by atoms with Crippen LogP contribution < -0.4 is 5.73 Å². The fourth-order valence-corrected chi connectivity index (χ4v) is 2.70. The molecule has 1 aromatic rings. The van der Waals surface area contributed by atoms with Gasteiger partial charge in [0.2, 0.25) is 0 Å². The van der Waals surface area contributed by atoms with E-state index in [4.69, 9.17) is 17.3 Å². The molecule has 5 heteroatoms. The van der Waals surface area contributed by atoms with Gasteiger partial charge >= 0.3 is 0 Å². The molecular formula is C13H19ClFN3. The molecule has 0 aromatic heterocycles. The number of benzene rings is 1. The number of piperazine rings is 1. The van der Waals surface area contributed by atoms with Crippen LogP contribution in [0.1, 0.15) is 11.6 Å². The van der Waals surface area contributed by atoms with Crippen LogP contribution in [0.15, 0.2) is 18.2 Å². The molecular weight excluding hydrogens is 253 g/mol. The van der Waals surface area contributed by atoms with Crippen LogP contribution in [0.2, 0.25) is 5.02 Å². The summed E-state index contributed by atoms with van der Waals surface area (Å²) in [6, 6.07) is 4.66. The summed E-state index contributed by atoms with van der Waals surface area (Å²) in [6.07, 6.45) is 0. The molecule has 3 nitrogen and oxygen atoms in total. The second kappa shape index (κ2) is 5.97. The summed E-state index contributed by atoms with van der Waals surface area (Å²) < 4.78 is 13.9.